The van der Waals surface area contributed by atoms with E-state index >= 15 is 0 Å². The molecule has 21 heavy (non-hydrogen) atoms. The lowest BCUT2D eigenvalue weighted by molar-refractivity contribution is -0.114. The molecule has 0 spiro atoms. The highest BCUT2D eigenvalue weighted by Gasteiger charge is 2.12. The highest BCUT2D eigenvalue weighted by molar-refractivity contribution is 7.98. The molecule has 110 valence electrons. The quantitative estimate of drug-likeness (QED) is 0.678. The lowest BCUT2D eigenvalue weighted by atomic mass is 10.3. The Hall–Kier alpha value is -2.21. The van der Waals surface area contributed by atoms with Crippen LogP contribution in [0.15, 0.2) is 45.7 Å². The fraction of sp³-hybridized carbons (Fsp3) is 0.200. The molecule has 0 fully saturated rings. The fourth-order valence-corrected chi connectivity index (χ4v) is 2.60. The molecule has 6 heteroatoms. The third kappa shape index (κ3) is 4.13. The monoisotopic (exact) mass is 305 g/mol. The highest BCUT2D eigenvalue weighted by Crippen LogP contribution is 2.30. The molecule has 0 radical (unpaired) electrons. The van der Waals surface area contributed by atoms with Crippen LogP contribution in [0.3, 0.4) is 0 Å². The Kier molecular flexibility index (Phi) is 5.05. The Morgan fingerprint density at radius 1 is 1.24 bits per heavy atom. The predicted octanol–water partition coefficient (Wildman–Crippen LogP) is 3.32. The minimum atomic E-state index is -0.495. The fourth-order valence-electron chi connectivity index (χ4n) is 1.70. The lowest BCUT2D eigenvalue weighted by Gasteiger charge is -2.08. The van der Waals surface area contributed by atoms with Gasteiger partial charge in [0.15, 0.2) is 0 Å². The van der Waals surface area contributed by atoms with Gasteiger partial charge in [-0.3, -0.25) is 4.79 Å². The van der Waals surface area contributed by atoms with Gasteiger partial charge in [0, 0.05) is 11.8 Å². The van der Waals surface area contributed by atoms with Crippen molar-refractivity contribution in [1.29, 1.82) is 0 Å². The largest absolute Gasteiger partial charge is 0.463 e. The van der Waals surface area contributed by atoms with Gasteiger partial charge in [-0.1, -0.05) is 12.1 Å². The number of thioether (sulfide) groups is 1. The first-order valence-corrected chi connectivity index (χ1v) is 7.25. The van der Waals surface area contributed by atoms with Crippen LogP contribution in [0, 0.1) is 0 Å². The van der Waals surface area contributed by atoms with Crippen molar-refractivity contribution < 1.29 is 18.7 Å². The Bertz CT molecular complexity index is 651. The second-order valence-electron chi connectivity index (χ2n) is 4.22. The normalized spacial score (nSPS) is 10.2. The average molecular weight is 305 g/mol. The maximum absolute atomic E-state index is 11.3. The number of benzene rings is 1. The SMILES string of the molecule is COC(=O)c1ccc(CSc2ccccc2NC(C)=O)o1. The number of rotatable bonds is 5. The lowest BCUT2D eigenvalue weighted by Crippen LogP contribution is -2.06. The summed E-state index contributed by atoms with van der Waals surface area (Å²) in [6.45, 7) is 1.47. The molecule has 2 aromatic rings. The van der Waals surface area contributed by atoms with Gasteiger partial charge in [-0.2, -0.15) is 0 Å². The van der Waals surface area contributed by atoms with Crippen LogP contribution in [0.4, 0.5) is 5.69 Å². The number of ether oxygens (including phenoxy) is 1. The number of furan rings is 1. The third-order valence-corrected chi connectivity index (χ3v) is 3.71. The summed E-state index contributed by atoms with van der Waals surface area (Å²) in [6, 6.07) is 10.8. The van der Waals surface area contributed by atoms with Crippen molar-refractivity contribution in [3.63, 3.8) is 0 Å². The van der Waals surface area contributed by atoms with E-state index < -0.39 is 5.97 Å². The molecule has 0 aliphatic carbocycles. The van der Waals surface area contributed by atoms with Gasteiger partial charge in [0.25, 0.3) is 0 Å². The van der Waals surface area contributed by atoms with Gasteiger partial charge in [0.2, 0.25) is 11.7 Å². The predicted molar refractivity (Wildman–Crippen MR) is 80.4 cm³/mol. The van der Waals surface area contributed by atoms with Crippen LogP contribution in [-0.2, 0) is 15.3 Å². The van der Waals surface area contributed by atoms with Crippen molar-refractivity contribution in [2.24, 2.45) is 0 Å². The van der Waals surface area contributed by atoms with E-state index in [2.05, 4.69) is 10.1 Å². The van der Waals surface area contributed by atoms with Crippen LogP contribution < -0.4 is 5.32 Å². The van der Waals surface area contributed by atoms with Gasteiger partial charge in [0.1, 0.15) is 5.76 Å². The van der Waals surface area contributed by atoms with E-state index in [-0.39, 0.29) is 11.7 Å². The summed E-state index contributed by atoms with van der Waals surface area (Å²) in [5.41, 5.74) is 0.759. The van der Waals surface area contributed by atoms with Crippen molar-refractivity contribution >= 4 is 29.3 Å². The summed E-state index contributed by atoms with van der Waals surface area (Å²) >= 11 is 1.51. The molecule has 0 saturated heterocycles. The van der Waals surface area contributed by atoms with Crippen molar-refractivity contribution in [1.82, 2.24) is 0 Å². The average Bonchev–Trinajstić information content (AvgIpc) is 2.94. The van der Waals surface area contributed by atoms with Gasteiger partial charge in [0.05, 0.1) is 18.6 Å². The summed E-state index contributed by atoms with van der Waals surface area (Å²) in [4.78, 5) is 23.4. The molecule has 1 amide bonds. The Labute approximate surface area is 126 Å². The van der Waals surface area contributed by atoms with E-state index in [1.54, 1.807) is 12.1 Å². The minimum absolute atomic E-state index is 0.117. The van der Waals surface area contributed by atoms with E-state index in [1.807, 2.05) is 24.3 Å². The van der Waals surface area contributed by atoms with E-state index in [0.717, 1.165) is 10.6 Å². The summed E-state index contributed by atoms with van der Waals surface area (Å²) in [6.07, 6.45) is 0. The molecule has 5 nitrogen and oxygen atoms in total. The van der Waals surface area contributed by atoms with Crippen LogP contribution in [0.2, 0.25) is 0 Å². The van der Waals surface area contributed by atoms with Gasteiger partial charge in [-0.05, 0) is 24.3 Å². The topological polar surface area (TPSA) is 68.5 Å². The smallest absolute Gasteiger partial charge is 0.373 e. The maximum Gasteiger partial charge on any atom is 0.373 e. The first kappa shape index (κ1) is 15.2. The molecule has 0 aliphatic heterocycles. The molecule has 0 bridgehead atoms. The molecule has 0 saturated carbocycles. The van der Waals surface area contributed by atoms with E-state index in [0.29, 0.717) is 11.5 Å². The Balaban J connectivity index is 2.04. The van der Waals surface area contributed by atoms with Crippen molar-refractivity contribution in [3.8, 4) is 0 Å². The number of carbonyl (C=O) groups excluding carboxylic acids is 2. The molecule has 0 aliphatic rings. The number of hydrogen-bond acceptors (Lipinski definition) is 5. The summed E-state index contributed by atoms with van der Waals surface area (Å²) in [5.74, 6) is 0.785. The highest BCUT2D eigenvalue weighted by atomic mass is 32.2. The molecule has 1 aromatic carbocycles. The molecule has 0 unspecified atom stereocenters. The van der Waals surface area contributed by atoms with Crippen molar-refractivity contribution in [2.75, 3.05) is 12.4 Å². The Morgan fingerprint density at radius 2 is 2.00 bits per heavy atom. The number of nitrogens with one attached hydrogen (secondary N) is 1. The van der Waals surface area contributed by atoms with Crippen LogP contribution in [0.1, 0.15) is 23.2 Å². The first-order chi connectivity index (χ1) is 10.1. The van der Waals surface area contributed by atoms with Crippen molar-refractivity contribution in [2.45, 2.75) is 17.6 Å². The van der Waals surface area contributed by atoms with Crippen LogP contribution in [0.25, 0.3) is 0 Å². The molecule has 2 rings (SSSR count). The molecular formula is C15H15NO4S. The van der Waals surface area contributed by atoms with Gasteiger partial charge in [-0.25, -0.2) is 4.79 Å². The molecule has 1 aromatic heterocycles. The van der Waals surface area contributed by atoms with E-state index in [9.17, 15) is 9.59 Å². The summed E-state index contributed by atoms with van der Waals surface area (Å²) in [7, 11) is 1.31. The van der Waals surface area contributed by atoms with Crippen LogP contribution >= 0.6 is 11.8 Å². The first-order valence-electron chi connectivity index (χ1n) is 6.26. The van der Waals surface area contributed by atoms with Gasteiger partial charge >= 0.3 is 5.97 Å². The zero-order valence-corrected chi connectivity index (χ0v) is 12.5. The zero-order chi connectivity index (χ0) is 15.2. The number of hydrogen-bond donors (Lipinski definition) is 1. The third-order valence-electron chi connectivity index (χ3n) is 2.62. The van der Waals surface area contributed by atoms with E-state index in [4.69, 9.17) is 4.42 Å². The number of para-hydroxylation sites is 1. The molecule has 1 heterocycles. The number of methoxy groups -OCH3 is 1. The second-order valence-corrected chi connectivity index (χ2v) is 5.24. The summed E-state index contributed by atoms with van der Waals surface area (Å²) < 4.78 is 9.98. The molecule has 1 N–H and O–H groups in total. The van der Waals surface area contributed by atoms with Crippen LogP contribution in [-0.4, -0.2) is 19.0 Å². The van der Waals surface area contributed by atoms with E-state index in [1.165, 1.54) is 25.8 Å². The maximum atomic E-state index is 11.3. The number of carbonyl (C=O) groups is 2. The van der Waals surface area contributed by atoms with Crippen LogP contribution in [0.5, 0.6) is 0 Å². The zero-order valence-electron chi connectivity index (χ0n) is 11.7. The van der Waals surface area contributed by atoms with Crippen molar-refractivity contribution in [3.05, 3.63) is 47.9 Å². The number of esters is 1. The number of amides is 1. The molecule has 0 atom stereocenters. The Morgan fingerprint density at radius 3 is 2.71 bits per heavy atom. The molecular weight excluding hydrogens is 290 g/mol. The standard InChI is InChI=1S/C15H15NO4S/c1-10(17)16-12-5-3-4-6-14(12)21-9-11-7-8-13(20-11)15(18)19-2/h3-8H,9H2,1-2H3,(H,16,17). The minimum Gasteiger partial charge on any atom is -0.463 e. The van der Waals surface area contributed by atoms with Gasteiger partial charge < -0.3 is 14.5 Å². The summed E-state index contributed by atoms with van der Waals surface area (Å²) in [5, 5.41) is 2.78. The second kappa shape index (κ2) is 6.99. The van der Waals surface area contributed by atoms with Gasteiger partial charge in [-0.15, -0.1) is 11.8 Å². The number of anilines is 1.